The van der Waals surface area contributed by atoms with Crippen LogP contribution in [0, 0.1) is 6.20 Å². The highest BCUT2D eigenvalue weighted by Crippen LogP contribution is 2.05. The number of nitrogens with two attached hydrogens (primary N) is 1. The van der Waals surface area contributed by atoms with Gasteiger partial charge in [0.2, 0.25) is 5.82 Å². The molecule has 5 heteroatoms. The van der Waals surface area contributed by atoms with Crippen molar-refractivity contribution in [3.63, 3.8) is 0 Å². The quantitative estimate of drug-likeness (QED) is 0.728. The summed E-state index contributed by atoms with van der Waals surface area (Å²) in [6.07, 6.45) is 5.69. The van der Waals surface area contributed by atoms with Crippen molar-refractivity contribution in [3.05, 3.63) is 42.6 Å². The van der Waals surface area contributed by atoms with E-state index in [9.17, 15) is 4.79 Å². The molecule has 0 saturated heterocycles. The Morgan fingerprint density at radius 1 is 1.50 bits per heavy atom. The van der Waals surface area contributed by atoms with Crippen LogP contribution in [0.2, 0.25) is 0 Å². The molecule has 0 fully saturated rings. The molecule has 0 bridgehead atoms. The molecule has 0 aliphatic rings. The molecule has 2 heterocycles. The standard InChI is InChI=1S/C9H7N4O/c10-8(14)9-12-5-6-13(9)7-3-1-2-4-11-7/h1-4,6H,(H2,10,14). The second-order valence-electron chi connectivity index (χ2n) is 2.62. The maximum atomic E-state index is 10.9. The van der Waals surface area contributed by atoms with Crippen LogP contribution in [0.5, 0.6) is 0 Å². The highest BCUT2D eigenvalue weighted by Gasteiger charge is 2.10. The number of carbonyl (C=O) groups is 1. The Hall–Kier alpha value is -2.17. The van der Waals surface area contributed by atoms with Gasteiger partial charge in [-0.3, -0.25) is 9.36 Å². The largest absolute Gasteiger partial charge is 0.363 e. The predicted octanol–water partition coefficient (Wildman–Crippen LogP) is 0.166. The van der Waals surface area contributed by atoms with Crippen LogP contribution in [0.3, 0.4) is 0 Å². The molecule has 1 radical (unpaired) electrons. The molecular weight excluding hydrogens is 180 g/mol. The minimum Gasteiger partial charge on any atom is -0.363 e. The zero-order valence-electron chi connectivity index (χ0n) is 7.21. The lowest BCUT2D eigenvalue weighted by atomic mass is 10.4. The highest BCUT2D eigenvalue weighted by atomic mass is 16.1. The van der Waals surface area contributed by atoms with Gasteiger partial charge in [-0.2, -0.15) is 0 Å². The van der Waals surface area contributed by atoms with Crippen LogP contribution in [0.4, 0.5) is 0 Å². The van der Waals surface area contributed by atoms with Gasteiger partial charge in [0.05, 0.1) is 0 Å². The van der Waals surface area contributed by atoms with Crippen molar-refractivity contribution >= 4 is 5.91 Å². The number of imidazole rings is 1. The van der Waals surface area contributed by atoms with Crippen LogP contribution in [0.1, 0.15) is 10.6 Å². The molecule has 0 aliphatic heterocycles. The van der Waals surface area contributed by atoms with E-state index in [1.165, 1.54) is 10.8 Å². The van der Waals surface area contributed by atoms with Crippen LogP contribution in [0.15, 0.2) is 30.6 Å². The Morgan fingerprint density at radius 3 is 3.00 bits per heavy atom. The topological polar surface area (TPSA) is 73.8 Å². The van der Waals surface area contributed by atoms with E-state index >= 15 is 0 Å². The molecule has 2 aromatic rings. The number of hydrogen-bond acceptors (Lipinski definition) is 3. The summed E-state index contributed by atoms with van der Waals surface area (Å²) in [5, 5.41) is 0. The van der Waals surface area contributed by atoms with Crippen LogP contribution >= 0.6 is 0 Å². The molecule has 1 amide bonds. The van der Waals surface area contributed by atoms with Crippen LogP contribution < -0.4 is 5.73 Å². The van der Waals surface area contributed by atoms with Crippen molar-refractivity contribution in [1.82, 2.24) is 14.5 Å². The van der Waals surface area contributed by atoms with E-state index in [-0.39, 0.29) is 5.82 Å². The van der Waals surface area contributed by atoms with Crippen molar-refractivity contribution in [2.75, 3.05) is 0 Å². The third kappa shape index (κ3) is 1.35. The van der Waals surface area contributed by atoms with Gasteiger partial charge < -0.3 is 5.73 Å². The lowest BCUT2D eigenvalue weighted by Crippen LogP contribution is -2.17. The van der Waals surface area contributed by atoms with Crippen molar-refractivity contribution < 1.29 is 4.79 Å². The Kier molecular flexibility index (Phi) is 1.98. The monoisotopic (exact) mass is 187 g/mol. The van der Waals surface area contributed by atoms with Gasteiger partial charge in [-0.1, -0.05) is 6.07 Å². The van der Waals surface area contributed by atoms with E-state index in [1.54, 1.807) is 18.3 Å². The fourth-order valence-corrected chi connectivity index (χ4v) is 1.11. The van der Waals surface area contributed by atoms with Gasteiger partial charge in [-0.05, 0) is 12.1 Å². The van der Waals surface area contributed by atoms with E-state index in [1.807, 2.05) is 6.07 Å². The normalized spacial score (nSPS) is 10.0. The van der Waals surface area contributed by atoms with Gasteiger partial charge in [0.15, 0.2) is 0 Å². The van der Waals surface area contributed by atoms with Gasteiger partial charge in [-0.15, -0.1) is 0 Å². The fourth-order valence-electron chi connectivity index (χ4n) is 1.11. The maximum absolute atomic E-state index is 10.9. The molecule has 0 aliphatic carbocycles. The Balaban J connectivity index is 2.52. The van der Waals surface area contributed by atoms with Crippen LogP contribution in [-0.2, 0) is 0 Å². The first-order valence-electron chi connectivity index (χ1n) is 3.95. The van der Waals surface area contributed by atoms with Gasteiger partial charge in [0.1, 0.15) is 12.0 Å². The number of pyridine rings is 1. The van der Waals surface area contributed by atoms with Crippen LogP contribution in [0.25, 0.3) is 5.82 Å². The summed E-state index contributed by atoms with van der Waals surface area (Å²) in [7, 11) is 0. The zero-order chi connectivity index (χ0) is 9.97. The Morgan fingerprint density at radius 2 is 2.36 bits per heavy atom. The van der Waals surface area contributed by atoms with Gasteiger partial charge in [0, 0.05) is 12.4 Å². The first-order valence-corrected chi connectivity index (χ1v) is 3.95. The summed E-state index contributed by atoms with van der Waals surface area (Å²) < 4.78 is 1.49. The summed E-state index contributed by atoms with van der Waals surface area (Å²) >= 11 is 0. The summed E-state index contributed by atoms with van der Waals surface area (Å²) in [6.45, 7) is 0. The maximum Gasteiger partial charge on any atom is 0.285 e. The molecule has 0 atom stereocenters. The molecule has 2 aromatic heterocycles. The first kappa shape index (κ1) is 8.43. The van der Waals surface area contributed by atoms with Gasteiger partial charge >= 0.3 is 0 Å². The van der Waals surface area contributed by atoms with E-state index in [0.29, 0.717) is 5.82 Å². The van der Waals surface area contributed by atoms with E-state index in [2.05, 4.69) is 16.2 Å². The Labute approximate surface area is 80.2 Å². The lowest BCUT2D eigenvalue weighted by molar-refractivity contribution is 0.0989. The summed E-state index contributed by atoms with van der Waals surface area (Å²) in [6, 6.07) is 5.35. The van der Waals surface area contributed by atoms with E-state index in [0.717, 1.165) is 0 Å². The molecule has 2 rings (SSSR count). The molecule has 14 heavy (non-hydrogen) atoms. The number of rotatable bonds is 2. The molecule has 5 nitrogen and oxygen atoms in total. The van der Waals surface area contributed by atoms with Crippen molar-refractivity contribution in [2.45, 2.75) is 0 Å². The van der Waals surface area contributed by atoms with Crippen molar-refractivity contribution in [3.8, 4) is 5.82 Å². The molecular formula is C9H7N4O. The second-order valence-corrected chi connectivity index (χ2v) is 2.62. The SMILES string of the molecule is NC(=O)c1n[c]cn1-c1ccccn1. The summed E-state index contributed by atoms with van der Waals surface area (Å²) in [5.41, 5.74) is 5.13. The molecule has 0 spiro atoms. The average Bonchev–Trinajstić information content (AvgIpc) is 2.67. The van der Waals surface area contributed by atoms with Crippen molar-refractivity contribution in [1.29, 1.82) is 0 Å². The molecule has 0 aromatic carbocycles. The van der Waals surface area contributed by atoms with E-state index in [4.69, 9.17) is 5.73 Å². The second kappa shape index (κ2) is 3.29. The van der Waals surface area contributed by atoms with E-state index < -0.39 is 5.91 Å². The third-order valence-corrected chi connectivity index (χ3v) is 1.70. The minimum absolute atomic E-state index is 0.128. The Bertz CT molecular complexity index is 449. The minimum atomic E-state index is -0.600. The summed E-state index contributed by atoms with van der Waals surface area (Å²) in [4.78, 5) is 18.7. The zero-order valence-corrected chi connectivity index (χ0v) is 7.21. The molecule has 0 saturated carbocycles. The number of nitrogens with zero attached hydrogens (tertiary/aromatic N) is 3. The molecule has 0 unspecified atom stereocenters. The van der Waals surface area contributed by atoms with Gasteiger partial charge in [-0.25, -0.2) is 9.97 Å². The third-order valence-electron chi connectivity index (χ3n) is 1.70. The number of hydrogen-bond donors (Lipinski definition) is 1. The first-order chi connectivity index (χ1) is 6.79. The highest BCUT2D eigenvalue weighted by molar-refractivity contribution is 5.89. The van der Waals surface area contributed by atoms with Crippen molar-refractivity contribution in [2.24, 2.45) is 5.73 Å². The molecule has 2 N–H and O–H groups in total. The average molecular weight is 187 g/mol. The summed E-state index contributed by atoms with van der Waals surface area (Å²) in [5.74, 6) is 0.121. The predicted molar refractivity (Wildman–Crippen MR) is 48.7 cm³/mol. The number of carbonyl (C=O) groups excluding carboxylic acids is 1. The smallest absolute Gasteiger partial charge is 0.285 e. The number of aromatic nitrogens is 3. The fraction of sp³-hybridized carbons (Fsp3) is 0. The van der Waals surface area contributed by atoms with Gasteiger partial charge in [0.25, 0.3) is 5.91 Å². The lowest BCUT2D eigenvalue weighted by Gasteiger charge is -2.02. The van der Waals surface area contributed by atoms with Crippen LogP contribution in [-0.4, -0.2) is 20.4 Å². The number of primary amides is 1. The molecule has 69 valence electrons. The number of amides is 1.